The van der Waals surface area contributed by atoms with Gasteiger partial charge in [-0.2, -0.15) is 0 Å². The van der Waals surface area contributed by atoms with Gasteiger partial charge >= 0.3 is 5.97 Å². The number of likely N-dealkylation sites (tertiary alicyclic amines) is 1. The number of hydrogen-bond acceptors (Lipinski definition) is 3. The SMILES string of the molecule is O=C(O)CNC(=O)Cc1ccc(CN2CCCC2)cc1. The normalized spacial score (nSPS) is 15.2. The summed E-state index contributed by atoms with van der Waals surface area (Å²) >= 11 is 0. The summed E-state index contributed by atoms with van der Waals surface area (Å²) in [6.07, 6.45) is 2.78. The largest absolute Gasteiger partial charge is 0.480 e. The molecule has 1 saturated heterocycles. The maximum Gasteiger partial charge on any atom is 0.322 e. The smallest absolute Gasteiger partial charge is 0.322 e. The van der Waals surface area contributed by atoms with Gasteiger partial charge in [-0.1, -0.05) is 24.3 Å². The zero-order chi connectivity index (χ0) is 14.4. The van der Waals surface area contributed by atoms with Crippen molar-refractivity contribution in [3.8, 4) is 0 Å². The number of nitrogens with one attached hydrogen (secondary N) is 1. The minimum atomic E-state index is -1.03. The molecule has 0 saturated carbocycles. The predicted molar refractivity (Wildman–Crippen MR) is 75.3 cm³/mol. The van der Waals surface area contributed by atoms with Crippen molar-refractivity contribution in [3.63, 3.8) is 0 Å². The second kappa shape index (κ2) is 7.05. The molecule has 0 unspecified atom stereocenters. The zero-order valence-corrected chi connectivity index (χ0v) is 11.5. The third kappa shape index (κ3) is 4.66. The summed E-state index contributed by atoms with van der Waals surface area (Å²) in [7, 11) is 0. The average molecular weight is 276 g/mol. The van der Waals surface area contributed by atoms with Gasteiger partial charge in [-0.3, -0.25) is 14.5 Å². The fourth-order valence-electron chi connectivity index (χ4n) is 2.38. The van der Waals surface area contributed by atoms with Crippen molar-refractivity contribution in [2.24, 2.45) is 0 Å². The van der Waals surface area contributed by atoms with Gasteiger partial charge in [-0.05, 0) is 37.1 Å². The van der Waals surface area contributed by atoms with Gasteiger partial charge in [-0.25, -0.2) is 0 Å². The Labute approximate surface area is 118 Å². The van der Waals surface area contributed by atoms with E-state index in [-0.39, 0.29) is 18.9 Å². The Morgan fingerprint density at radius 2 is 1.70 bits per heavy atom. The number of aliphatic carboxylic acids is 1. The van der Waals surface area contributed by atoms with E-state index in [1.54, 1.807) is 0 Å². The van der Waals surface area contributed by atoms with Gasteiger partial charge in [0, 0.05) is 6.54 Å². The topological polar surface area (TPSA) is 69.6 Å². The van der Waals surface area contributed by atoms with Crippen LogP contribution in [-0.4, -0.2) is 41.5 Å². The van der Waals surface area contributed by atoms with E-state index in [1.807, 2.05) is 24.3 Å². The van der Waals surface area contributed by atoms with E-state index in [0.29, 0.717) is 0 Å². The molecule has 0 aliphatic carbocycles. The summed E-state index contributed by atoms with van der Waals surface area (Å²) in [6, 6.07) is 7.95. The first kappa shape index (κ1) is 14.5. The highest BCUT2D eigenvalue weighted by Gasteiger charge is 2.11. The highest BCUT2D eigenvalue weighted by molar-refractivity contribution is 5.82. The summed E-state index contributed by atoms with van der Waals surface area (Å²) in [5.74, 6) is -1.29. The lowest BCUT2D eigenvalue weighted by Gasteiger charge is -2.14. The maximum atomic E-state index is 11.5. The Hall–Kier alpha value is -1.88. The summed E-state index contributed by atoms with van der Waals surface area (Å²) in [5, 5.41) is 10.8. The Kier molecular flexibility index (Phi) is 5.12. The number of carboxylic acid groups (broad SMARTS) is 1. The van der Waals surface area contributed by atoms with Crippen molar-refractivity contribution in [1.29, 1.82) is 0 Å². The third-order valence-corrected chi connectivity index (χ3v) is 3.43. The van der Waals surface area contributed by atoms with Crippen molar-refractivity contribution in [1.82, 2.24) is 10.2 Å². The van der Waals surface area contributed by atoms with Crippen molar-refractivity contribution >= 4 is 11.9 Å². The summed E-state index contributed by atoms with van der Waals surface area (Å²) in [6.45, 7) is 2.97. The number of nitrogens with zero attached hydrogens (tertiary/aromatic N) is 1. The van der Waals surface area contributed by atoms with Crippen molar-refractivity contribution in [3.05, 3.63) is 35.4 Å². The first-order valence-electron chi connectivity index (χ1n) is 6.92. The number of hydrogen-bond donors (Lipinski definition) is 2. The molecule has 1 aliphatic heterocycles. The van der Waals surface area contributed by atoms with Gasteiger partial charge < -0.3 is 10.4 Å². The monoisotopic (exact) mass is 276 g/mol. The van der Waals surface area contributed by atoms with E-state index in [1.165, 1.54) is 31.5 Å². The lowest BCUT2D eigenvalue weighted by atomic mass is 10.1. The molecule has 1 aromatic rings. The van der Waals surface area contributed by atoms with Crippen molar-refractivity contribution in [2.45, 2.75) is 25.8 Å². The van der Waals surface area contributed by atoms with E-state index in [2.05, 4.69) is 10.2 Å². The minimum absolute atomic E-state index is 0.220. The molecule has 1 fully saturated rings. The Morgan fingerprint density at radius 3 is 2.30 bits per heavy atom. The van der Waals surface area contributed by atoms with E-state index in [4.69, 9.17) is 5.11 Å². The van der Waals surface area contributed by atoms with E-state index in [0.717, 1.165) is 12.1 Å². The van der Waals surface area contributed by atoms with Crippen LogP contribution < -0.4 is 5.32 Å². The molecule has 1 heterocycles. The standard InChI is InChI=1S/C15H20N2O3/c18-14(16-10-15(19)20)9-12-3-5-13(6-4-12)11-17-7-1-2-8-17/h3-6H,1-2,7-11H2,(H,16,18)(H,19,20). The van der Waals surface area contributed by atoms with Crippen LogP contribution in [0.4, 0.5) is 0 Å². The molecule has 1 aliphatic rings. The van der Waals surface area contributed by atoms with E-state index >= 15 is 0 Å². The van der Waals surface area contributed by atoms with Crippen LogP contribution in [0.2, 0.25) is 0 Å². The molecule has 0 atom stereocenters. The van der Waals surface area contributed by atoms with Gasteiger partial charge in [0.05, 0.1) is 6.42 Å². The van der Waals surface area contributed by atoms with Crippen LogP contribution >= 0.6 is 0 Å². The summed E-state index contributed by atoms with van der Waals surface area (Å²) < 4.78 is 0. The minimum Gasteiger partial charge on any atom is -0.480 e. The van der Waals surface area contributed by atoms with Gasteiger partial charge in [0.1, 0.15) is 6.54 Å². The van der Waals surface area contributed by atoms with Gasteiger partial charge in [0.2, 0.25) is 5.91 Å². The fourth-order valence-corrected chi connectivity index (χ4v) is 2.38. The number of amides is 1. The van der Waals surface area contributed by atoms with Crippen LogP contribution in [0.5, 0.6) is 0 Å². The van der Waals surface area contributed by atoms with Gasteiger partial charge in [0.15, 0.2) is 0 Å². The molecular formula is C15H20N2O3. The first-order valence-corrected chi connectivity index (χ1v) is 6.92. The Morgan fingerprint density at radius 1 is 1.10 bits per heavy atom. The molecule has 20 heavy (non-hydrogen) atoms. The van der Waals surface area contributed by atoms with Crippen molar-refractivity contribution in [2.75, 3.05) is 19.6 Å². The number of carbonyl (C=O) groups is 2. The van der Waals surface area contributed by atoms with Crippen LogP contribution in [0, 0.1) is 0 Å². The molecule has 1 amide bonds. The molecule has 0 bridgehead atoms. The molecule has 2 rings (SSSR count). The Bertz CT molecular complexity index is 465. The lowest BCUT2D eigenvalue weighted by Crippen LogP contribution is -2.30. The Balaban J connectivity index is 1.81. The molecule has 5 nitrogen and oxygen atoms in total. The molecule has 1 aromatic carbocycles. The highest BCUT2D eigenvalue weighted by atomic mass is 16.4. The number of carboxylic acids is 1. The number of carbonyl (C=O) groups excluding carboxylic acids is 1. The van der Waals surface area contributed by atoms with Crippen LogP contribution in [0.15, 0.2) is 24.3 Å². The highest BCUT2D eigenvalue weighted by Crippen LogP contribution is 2.13. The van der Waals surface area contributed by atoms with E-state index in [9.17, 15) is 9.59 Å². The second-order valence-corrected chi connectivity index (χ2v) is 5.15. The zero-order valence-electron chi connectivity index (χ0n) is 11.5. The molecular weight excluding hydrogens is 256 g/mol. The van der Waals surface area contributed by atoms with Crippen LogP contribution in [0.1, 0.15) is 24.0 Å². The van der Waals surface area contributed by atoms with E-state index < -0.39 is 5.97 Å². The molecule has 2 N–H and O–H groups in total. The summed E-state index contributed by atoms with van der Waals surface area (Å²) in [5.41, 5.74) is 2.15. The molecule has 0 radical (unpaired) electrons. The average Bonchev–Trinajstić information content (AvgIpc) is 2.92. The second-order valence-electron chi connectivity index (χ2n) is 5.15. The van der Waals surface area contributed by atoms with Gasteiger partial charge in [0.25, 0.3) is 0 Å². The van der Waals surface area contributed by atoms with Gasteiger partial charge in [-0.15, -0.1) is 0 Å². The number of rotatable bonds is 6. The molecule has 0 spiro atoms. The van der Waals surface area contributed by atoms with Crippen LogP contribution in [0.25, 0.3) is 0 Å². The first-order chi connectivity index (χ1) is 9.63. The lowest BCUT2D eigenvalue weighted by molar-refractivity contribution is -0.137. The van der Waals surface area contributed by atoms with Crippen molar-refractivity contribution < 1.29 is 14.7 Å². The third-order valence-electron chi connectivity index (χ3n) is 3.43. The molecule has 0 aromatic heterocycles. The fraction of sp³-hybridized carbons (Fsp3) is 0.467. The quantitative estimate of drug-likeness (QED) is 0.814. The molecule has 108 valence electrons. The van der Waals surface area contributed by atoms with Crippen LogP contribution in [0.3, 0.4) is 0 Å². The maximum absolute atomic E-state index is 11.5. The van der Waals surface area contributed by atoms with Crippen LogP contribution in [-0.2, 0) is 22.6 Å². The summed E-state index contributed by atoms with van der Waals surface area (Å²) in [4.78, 5) is 24.3. The number of benzene rings is 1. The molecule has 5 heteroatoms. The predicted octanol–water partition coefficient (Wildman–Crippen LogP) is 1.03.